The van der Waals surface area contributed by atoms with Crippen LogP contribution in [0.4, 0.5) is 10.6 Å². The number of fused-ring (bicyclic) bond motifs is 2. The first-order valence-corrected chi connectivity index (χ1v) is 12.5. The largest absolute Gasteiger partial charge is 0.497 e. The quantitative estimate of drug-likeness (QED) is 0.341. The molecule has 1 fully saturated rings. The Morgan fingerprint density at radius 2 is 1.97 bits per heavy atom. The van der Waals surface area contributed by atoms with Gasteiger partial charge in [0.1, 0.15) is 22.8 Å². The molecule has 11 nitrogen and oxygen atoms in total. The van der Waals surface area contributed by atoms with Crippen molar-refractivity contribution < 1.29 is 28.3 Å². The third-order valence-electron chi connectivity index (χ3n) is 6.36. The summed E-state index contributed by atoms with van der Waals surface area (Å²) in [7, 11) is 5.37. The van der Waals surface area contributed by atoms with Gasteiger partial charge >= 0.3 is 6.03 Å². The molecule has 2 N–H and O–H groups in total. The molecule has 3 aromatic rings. The number of amides is 4. The average Bonchev–Trinajstić information content (AvgIpc) is 3.50. The first-order valence-electron chi connectivity index (χ1n) is 12.5. The molecule has 1 aromatic carbocycles. The molecule has 0 bridgehead atoms. The van der Waals surface area contributed by atoms with Gasteiger partial charge in [0, 0.05) is 45.4 Å². The van der Waals surface area contributed by atoms with Crippen molar-refractivity contribution in [3.8, 4) is 5.75 Å². The van der Waals surface area contributed by atoms with Crippen LogP contribution in [0.25, 0.3) is 11.1 Å². The number of imide groups is 1. The Hall–Kier alpha value is -4.12. The maximum Gasteiger partial charge on any atom is 0.322 e. The number of methoxy groups -OCH3 is 1. The van der Waals surface area contributed by atoms with Gasteiger partial charge in [-0.1, -0.05) is 13.0 Å². The number of rotatable bonds is 8. The first-order chi connectivity index (χ1) is 18.3. The number of hydrogen-bond acceptors (Lipinski definition) is 8. The van der Waals surface area contributed by atoms with Gasteiger partial charge in [0.05, 0.1) is 13.7 Å². The van der Waals surface area contributed by atoms with Crippen LogP contribution in [0.3, 0.4) is 0 Å². The number of carbonyl (C=O) groups excluding carboxylic acids is 3. The van der Waals surface area contributed by atoms with E-state index in [-0.39, 0.29) is 5.91 Å². The number of nitrogens with zero attached hydrogens (tertiary/aromatic N) is 3. The van der Waals surface area contributed by atoms with Crippen LogP contribution >= 0.6 is 0 Å². The SMILES string of the molecule is CCCOCCN(C)c1ccc2oc(C3NC(=O)NC3=O)cc2n1.COc1ccc2c(c1)C(=O)N(C)CC2. The molecule has 4 heterocycles. The Morgan fingerprint density at radius 1 is 1.16 bits per heavy atom. The van der Waals surface area contributed by atoms with Gasteiger partial charge in [-0.2, -0.15) is 0 Å². The fraction of sp³-hybridized carbons (Fsp3) is 0.407. The fourth-order valence-electron chi connectivity index (χ4n) is 4.16. The van der Waals surface area contributed by atoms with E-state index in [1.54, 1.807) is 24.1 Å². The highest BCUT2D eigenvalue weighted by Crippen LogP contribution is 2.26. The van der Waals surface area contributed by atoms with Crippen molar-refractivity contribution in [3.63, 3.8) is 0 Å². The van der Waals surface area contributed by atoms with Gasteiger partial charge in [-0.15, -0.1) is 0 Å². The normalized spacial score (nSPS) is 16.5. The Labute approximate surface area is 221 Å². The van der Waals surface area contributed by atoms with E-state index in [0.29, 0.717) is 23.5 Å². The van der Waals surface area contributed by atoms with Gasteiger partial charge in [0.15, 0.2) is 11.6 Å². The molecule has 1 saturated heterocycles. The number of nitrogens with one attached hydrogen (secondary N) is 2. The molecule has 1 unspecified atom stereocenters. The van der Waals surface area contributed by atoms with Crippen LogP contribution < -0.4 is 20.3 Å². The molecule has 0 aliphatic carbocycles. The number of anilines is 1. The third-order valence-corrected chi connectivity index (χ3v) is 6.36. The lowest BCUT2D eigenvalue weighted by atomic mass is 9.99. The van der Waals surface area contributed by atoms with Crippen molar-refractivity contribution >= 4 is 34.8 Å². The minimum absolute atomic E-state index is 0.0881. The molecule has 202 valence electrons. The summed E-state index contributed by atoms with van der Waals surface area (Å²) in [5.41, 5.74) is 3.10. The van der Waals surface area contributed by atoms with E-state index < -0.39 is 18.0 Å². The van der Waals surface area contributed by atoms with Crippen LogP contribution in [-0.2, 0) is 16.0 Å². The van der Waals surface area contributed by atoms with Crippen LogP contribution in [0.2, 0.25) is 0 Å². The van der Waals surface area contributed by atoms with Crippen molar-refractivity contribution in [2.45, 2.75) is 25.8 Å². The smallest absolute Gasteiger partial charge is 0.322 e. The van der Waals surface area contributed by atoms with Crippen LogP contribution in [0, 0.1) is 0 Å². The van der Waals surface area contributed by atoms with Crippen LogP contribution in [0.5, 0.6) is 5.75 Å². The Morgan fingerprint density at radius 3 is 2.68 bits per heavy atom. The zero-order chi connectivity index (χ0) is 27.2. The predicted octanol–water partition coefficient (Wildman–Crippen LogP) is 2.89. The Kier molecular flexibility index (Phi) is 8.47. The molecule has 2 aliphatic heterocycles. The van der Waals surface area contributed by atoms with E-state index in [4.69, 9.17) is 13.9 Å². The molecule has 0 saturated carbocycles. The lowest BCUT2D eigenvalue weighted by molar-refractivity contribution is -0.120. The molecule has 0 spiro atoms. The van der Waals surface area contributed by atoms with Crippen molar-refractivity contribution in [3.05, 3.63) is 53.3 Å². The molecule has 38 heavy (non-hydrogen) atoms. The standard InChI is InChI=1S/C16H20N4O4.C11H13NO2/c1-3-7-23-8-6-20(2)13-5-4-11-10(17-13)9-12(24-11)14-15(21)19-16(22)18-14;1-12-6-5-8-3-4-9(14-2)7-10(8)11(12)13/h4-5,9,14H,3,6-8H2,1-2H3,(H2,18,19,21,22);3-4,7H,5-6H2,1-2H3. The third kappa shape index (κ3) is 6.05. The highest BCUT2D eigenvalue weighted by Gasteiger charge is 2.33. The summed E-state index contributed by atoms with van der Waals surface area (Å²) >= 11 is 0. The summed E-state index contributed by atoms with van der Waals surface area (Å²) in [6, 6.07) is 9.68. The highest BCUT2D eigenvalue weighted by molar-refractivity contribution is 6.04. The molecule has 0 radical (unpaired) electrons. The second kappa shape index (κ2) is 12.0. The summed E-state index contributed by atoms with van der Waals surface area (Å²) in [5, 5.41) is 4.69. The van der Waals surface area contributed by atoms with E-state index in [9.17, 15) is 14.4 Å². The second-order valence-electron chi connectivity index (χ2n) is 9.13. The van der Waals surface area contributed by atoms with Crippen LogP contribution in [0.1, 0.15) is 41.1 Å². The van der Waals surface area contributed by atoms with Gasteiger partial charge < -0.3 is 29.0 Å². The van der Waals surface area contributed by atoms with Gasteiger partial charge in [0.2, 0.25) is 0 Å². The van der Waals surface area contributed by atoms with Crippen LogP contribution in [0.15, 0.2) is 40.8 Å². The molecule has 2 aromatic heterocycles. The molecule has 4 amide bonds. The maximum absolute atomic E-state index is 11.8. The first kappa shape index (κ1) is 26.9. The van der Waals surface area contributed by atoms with Crippen LogP contribution in [-0.4, -0.2) is 75.2 Å². The summed E-state index contributed by atoms with van der Waals surface area (Å²) in [6.45, 7) is 4.99. The van der Waals surface area contributed by atoms with Crippen molar-refractivity contribution in [1.29, 1.82) is 0 Å². The van der Waals surface area contributed by atoms with E-state index in [1.165, 1.54) is 0 Å². The number of benzene rings is 1. The molecule has 11 heteroatoms. The van der Waals surface area contributed by atoms with E-state index in [0.717, 1.165) is 55.2 Å². The minimum Gasteiger partial charge on any atom is -0.497 e. The summed E-state index contributed by atoms with van der Waals surface area (Å²) in [6.07, 6.45) is 1.93. The number of urea groups is 1. The minimum atomic E-state index is -0.810. The average molecular weight is 524 g/mol. The number of pyridine rings is 1. The van der Waals surface area contributed by atoms with Crippen molar-refractivity contribution in [1.82, 2.24) is 20.5 Å². The zero-order valence-corrected chi connectivity index (χ0v) is 22.1. The van der Waals surface area contributed by atoms with E-state index in [2.05, 4.69) is 22.5 Å². The van der Waals surface area contributed by atoms with Gasteiger partial charge in [-0.25, -0.2) is 9.78 Å². The number of carbonyl (C=O) groups is 3. The molecule has 2 aliphatic rings. The topological polar surface area (TPSA) is 126 Å². The monoisotopic (exact) mass is 523 g/mol. The summed E-state index contributed by atoms with van der Waals surface area (Å²) in [5.74, 6) is 1.56. The van der Waals surface area contributed by atoms with E-state index >= 15 is 0 Å². The lowest BCUT2D eigenvalue weighted by Crippen LogP contribution is -2.34. The molecule has 5 rings (SSSR count). The number of hydrogen-bond donors (Lipinski definition) is 2. The number of furan rings is 1. The lowest BCUT2D eigenvalue weighted by Gasteiger charge is -2.24. The summed E-state index contributed by atoms with van der Waals surface area (Å²) in [4.78, 5) is 43.0. The number of ether oxygens (including phenoxy) is 2. The number of aromatic nitrogens is 1. The van der Waals surface area contributed by atoms with Crippen molar-refractivity contribution in [2.24, 2.45) is 0 Å². The number of likely N-dealkylation sites (N-methyl/N-ethyl adjacent to an activating group) is 2. The Bertz CT molecular complexity index is 1320. The zero-order valence-electron chi connectivity index (χ0n) is 22.1. The highest BCUT2D eigenvalue weighted by atomic mass is 16.5. The maximum atomic E-state index is 11.8. The van der Waals surface area contributed by atoms with Gasteiger partial charge in [0.25, 0.3) is 11.8 Å². The van der Waals surface area contributed by atoms with Crippen molar-refractivity contribution in [2.75, 3.05) is 52.4 Å². The molecule has 1 atom stereocenters. The second-order valence-corrected chi connectivity index (χ2v) is 9.13. The van der Waals surface area contributed by atoms with Gasteiger partial charge in [-0.3, -0.25) is 14.9 Å². The Balaban J connectivity index is 0.000000204. The van der Waals surface area contributed by atoms with E-state index in [1.807, 2.05) is 43.3 Å². The molecular formula is C27H33N5O6. The fourth-order valence-corrected chi connectivity index (χ4v) is 4.16. The predicted molar refractivity (Wildman–Crippen MR) is 141 cm³/mol. The summed E-state index contributed by atoms with van der Waals surface area (Å²) < 4.78 is 16.2. The molecular weight excluding hydrogens is 490 g/mol. The van der Waals surface area contributed by atoms with Gasteiger partial charge in [-0.05, 0) is 42.7 Å².